The Kier molecular flexibility index (Phi) is 7.74. The summed E-state index contributed by atoms with van der Waals surface area (Å²) in [4.78, 5) is 9.73. The van der Waals surface area contributed by atoms with Crippen LogP contribution in [0.3, 0.4) is 0 Å². The summed E-state index contributed by atoms with van der Waals surface area (Å²) in [6.45, 7) is 1.98. The van der Waals surface area contributed by atoms with Gasteiger partial charge in [0.2, 0.25) is 5.82 Å². The summed E-state index contributed by atoms with van der Waals surface area (Å²) >= 11 is 0.866. The van der Waals surface area contributed by atoms with Gasteiger partial charge in [-0.15, -0.1) is 14.5 Å². The number of benzene rings is 3. The van der Waals surface area contributed by atoms with E-state index in [1.165, 1.54) is 12.1 Å². The molecule has 196 valence electrons. The van der Waals surface area contributed by atoms with Crippen LogP contribution in [0.4, 0.5) is 0 Å². The highest BCUT2D eigenvalue weighted by Gasteiger charge is 2.17. The second-order valence-electron chi connectivity index (χ2n) is 8.38. The third kappa shape index (κ3) is 6.17. The molecule has 2 aromatic heterocycles. The molecule has 5 aromatic rings. The minimum atomic E-state index is -4.34. The first-order chi connectivity index (χ1) is 18.8. The van der Waals surface area contributed by atoms with Gasteiger partial charge in [-0.05, 0) is 54.4 Å². The van der Waals surface area contributed by atoms with Crippen LogP contribution in [0.25, 0.3) is 45.2 Å². The Morgan fingerprint density at radius 1 is 0.769 bits per heavy atom. The molecular weight excluding hydrogens is 540 g/mol. The SMILES string of the molecule is Cc1ccc(-c2nnc(-c3cc(-c4ccc(SOOO)cc4)ccn3)nc2-c2ccc(S(=O)(=O)O)cc2)cc1. The van der Waals surface area contributed by atoms with E-state index in [9.17, 15) is 13.0 Å². The van der Waals surface area contributed by atoms with E-state index in [-0.39, 0.29) is 10.7 Å². The van der Waals surface area contributed by atoms with Crippen LogP contribution in [0.2, 0.25) is 0 Å². The lowest BCUT2D eigenvalue weighted by atomic mass is 10.0. The summed E-state index contributed by atoms with van der Waals surface area (Å²) in [7, 11) is -4.34. The maximum Gasteiger partial charge on any atom is 0.294 e. The summed E-state index contributed by atoms with van der Waals surface area (Å²) in [5, 5.41) is 20.8. The fraction of sp³-hybridized carbons (Fsp3) is 0.0370. The van der Waals surface area contributed by atoms with Crippen molar-refractivity contribution in [1.82, 2.24) is 20.2 Å². The number of nitrogens with zero attached hydrogens (tertiary/aromatic N) is 4. The van der Waals surface area contributed by atoms with Crippen LogP contribution in [-0.2, 0) is 19.5 Å². The third-order valence-electron chi connectivity index (χ3n) is 5.77. The summed E-state index contributed by atoms with van der Waals surface area (Å²) in [6, 6.07) is 24.5. The Balaban J connectivity index is 1.56. The van der Waals surface area contributed by atoms with Crippen LogP contribution < -0.4 is 0 Å². The van der Waals surface area contributed by atoms with Crippen molar-refractivity contribution in [3.05, 3.63) is 96.7 Å². The molecule has 5 rings (SSSR count). The molecule has 0 aliphatic rings. The van der Waals surface area contributed by atoms with Crippen LogP contribution in [-0.4, -0.2) is 38.4 Å². The first kappa shape index (κ1) is 26.6. The number of aryl methyl sites for hydroxylation is 1. The van der Waals surface area contributed by atoms with Crippen LogP contribution in [0.1, 0.15) is 5.56 Å². The maximum atomic E-state index is 11.5. The van der Waals surface area contributed by atoms with E-state index in [0.717, 1.165) is 39.2 Å². The largest absolute Gasteiger partial charge is 0.294 e. The molecular formula is C27H20N4O6S2. The normalized spacial score (nSPS) is 11.5. The fourth-order valence-corrected chi connectivity index (χ4v) is 4.65. The number of rotatable bonds is 8. The molecule has 10 nitrogen and oxygen atoms in total. The lowest BCUT2D eigenvalue weighted by Gasteiger charge is -2.11. The van der Waals surface area contributed by atoms with Crippen LogP contribution in [0.5, 0.6) is 0 Å². The highest BCUT2D eigenvalue weighted by molar-refractivity contribution is 7.94. The van der Waals surface area contributed by atoms with Gasteiger partial charge in [0, 0.05) is 22.2 Å². The van der Waals surface area contributed by atoms with E-state index in [0.29, 0.717) is 22.6 Å². The molecule has 0 spiro atoms. The summed E-state index contributed by atoms with van der Waals surface area (Å²) in [5.74, 6) is 0.280. The Hall–Kier alpha value is -4.04. The van der Waals surface area contributed by atoms with Gasteiger partial charge in [0.1, 0.15) is 17.1 Å². The Labute approximate surface area is 228 Å². The zero-order chi connectivity index (χ0) is 27.4. The number of aromatic nitrogens is 4. The quantitative estimate of drug-likeness (QED) is 0.101. The van der Waals surface area contributed by atoms with Crippen molar-refractivity contribution in [2.45, 2.75) is 16.7 Å². The van der Waals surface area contributed by atoms with E-state index < -0.39 is 10.1 Å². The first-order valence-corrected chi connectivity index (χ1v) is 13.6. The molecule has 0 saturated carbocycles. The molecule has 0 aliphatic heterocycles. The molecule has 39 heavy (non-hydrogen) atoms. The molecule has 0 radical (unpaired) electrons. The van der Waals surface area contributed by atoms with E-state index >= 15 is 0 Å². The van der Waals surface area contributed by atoms with E-state index in [4.69, 9.17) is 10.2 Å². The molecule has 0 bridgehead atoms. The minimum Gasteiger partial charge on any atom is -0.282 e. The predicted molar refractivity (Wildman–Crippen MR) is 145 cm³/mol. The lowest BCUT2D eigenvalue weighted by Crippen LogP contribution is -2.02. The van der Waals surface area contributed by atoms with Gasteiger partial charge in [0.25, 0.3) is 10.1 Å². The highest BCUT2D eigenvalue weighted by atomic mass is 32.2. The molecule has 0 amide bonds. The smallest absolute Gasteiger partial charge is 0.282 e. The second kappa shape index (κ2) is 11.4. The lowest BCUT2D eigenvalue weighted by molar-refractivity contribution is -0.432. The summed E-state index contributed by atoms with van der Waals surface area (Å²) in [5.41, 5.74) is 5.70. The van der Waals surface area contributed by atoms with Crippen molar-refractivity contribution < 1.29 is 27.6 Å². The molecule has 12 heteroatoms. The van der Waals surface area contributed by atoms with Crippen LogP contribution >= 0.6 is 12.0 Å². The number of hydrogen-bond donors (Lipinski definition) is 2. The van der Waals surface area contributed by atoms with Crippen molar-refractivity contribution in [2.75, 3.05) is 0 Å². The Morgan fingerprint density at radius 2 is 1.41 bits per heavy atom. The molecule has 0 saturated heterocycles. The van der Waals surface area contributed by atoms with Gasteiger partial charge in [-0.3, -0.25) is 9.54 Å². The van der Waals surface area contributed by atoms with E-state index in [1.807, 2.05) is 67.6 Å². The second-order valence-corrected chi connectivity index (χ2v) is 10.6. The van der Waals surface area contributed by atoms with Crippen molar-refractivity contribution >= 4 is 22.2 Å². The Morgan fingerprint density at radius 3 is 2.08 bits per heavy atom. The van der Waals surface area contributed by atoms with Gasteiger partial charge in [-0.25, -0.2) is 10.2 Å². The van der Waals surface area contributed by atoms with Crippen LogP contribution in [0.15, 0.2) is 101 Å². The molecule has 2 N–H and O–H groups in total. The fourth-order valence-electron chi connectivity index (χ4n) is 3.82. The van der Waals surface area contributed by atoms with Crippen molar-refractivity contribution in [3.63, 3.8) is 0 Å². The monoisotopic (exact) mass is 560 g/mol. The molecule has 2 heterocycles. The van der Waals surface area contributed by atoms with Crippen LogP contribution in [0, 0.1) is 6.92 Å². The van der Waals surface area contributed by atoms with Gasteiger partial charge in [-0.1, -0.05) is 59.1 Å². The maximum absolute atomic E-state index is 11.5. The van der Waals surface area contributed by atoms with Crippen molar-refractivity contribution in [3.8, 4) is 45.2 Å². The third-order valence-corrected chi connectivity index (χ3v) is 7.24. The van der Waals surface area contributed by atoms with E-state index in [2.05, 4.69) is 24.6 Å². The van der Waals surface area contributed by atoms with Gasteiger partial charge >= 0.3 is 0 Å². The van der Waals surface area contributed by atoms with Crippen molar-refractivity contribution in [1.29, 1.82) is 0 Å². The standard InChI is InChI=1S/C27H20N4O6S2/c1-17-2-4-20(5-3-17)26-25(19-8-12-23(13-9-19)39(33,34)35)29-27(31-30-26)24-16-21(14-15-28-24)18-6-10-22(11-7-18)38-37-36-32/h2-16,32H,1H3,(H,33,34,35). The zero-order valence-corrected chi connectivity index (χ0v) is 21.9. The summed E-state index contributed by atoms with van der Waals surface area (Å²) < 4.78 is 36.9. The van der Waals surface area contributed by atoms with Gasteiger partial charge in [0.15, 0.2) is 0 Å². The number of hydrogen-bond acceptors (Lipinski definition) is 10. The molecule has 0 aliphatic carbocycles. The van der Waals surface area contributed by atoms with Gasteiger partial charge in [0.05, 0.1) is 16.9 Å². The minimum absolute atomic E-state index is 0.223. The van der Waals surface area contributed by atoms with Gasteiger partial charge in [-0.2, -0.15) is 8.42 Å². The van der Waals surface area contributed by atoms with Gasteiger partial charge < -0.3 is 0 Å². The highest BCUT2D eigenvalue weighted by Crippen LogP contribution is 2.32. The van der Waals surface area contributed by atoms with E-state index in [1.54, 1.807) is 18.3 Å². The topological polar surface area (TPSA) is 145 Å². The summed E-state index contributed by atoms with van der Waals surface area (Å²) in [6.07, 6.45) is 1.65. The molecule has 3 aromatic carbocycles. The predicted octanol–water partition coefficient (Wildman–Crippen LogP) is 5.92. The Bertz CT molecular complexity index is 1710. The molecule has 0 unspecified atom stereocenters. The average molecular weight is 561 g/mol. The first-order valence-electron chi connectivity index (χ1n) is 11.4. The molecule has 0 fully saturated rings. The number of pyridine rings is 1. The van der Waals surface area contributed by atoms with Crippen molar-refractivity contribution in [2.24, 2.45) is 0 Å². The molecule has 0 atom stereocenters. The zero-order valence-electron chi connectivity index (χ0n) is 20.3. The average Bonchev–Trinajstić information content (AvgIpc) is 2.96.